The van der Waals surface area contributed by atoms with Crippen molar-refractivity contribution in [3.63, 3.8) is 0 Å². The Bertz CT molecular complexity index is 923. The monoisotopic (exact) mass is 392 g/mol. The number of H-pyrrole nitrogens is 1. The maximum Gasteiger partial charge on any atom is 0.242 e. The van der Waals surface area contributed by atoms with Gasteiger partial charge in [-0.05, 0) is 24.5 Å². The molecule has 1 amide bonds. The number of hydrogen-bond acceptors (Lipinski definition) is 4. The molecule has 3 aromatic rings. The van der Waals surface area contributed by atoms with Crippen LogP contribution in [0.1, 0.15) is 37.0 Å². The quantitative estimate of drug-likeness (QED) is 0.446. The van der Waals surface area contributed by atoms with Crippen molar-refractivity contribution in [3.05, 3.63) is 71.8 Å². The molecule has 6 heteroatoms. The van der Waals surface area contributed by atoms with E-state index in [1.807, 2.05) is 74.5 Å². The summed E-state index contributed by atoms with van der Waals surface area (Å²) in [5.74, 6) is 0.324. The van der Waals surface area contributed by atoms with Crippen LogP contribution in [0.2, 0.25) is 0 Å². The lowest BCUT2D eigenvalue weighted by Gasteiger charge is -2.20. The van der Waals surface area contributed by atoms with Gasteiger partial charge in [0.15, 0.2) is 5.82 Å². The average Bonchev–Trinajstić information content (AvgIpc) is 3.20. The van der Waals surface area contributed by atoms with Crippen LogP contribution in [0.15, 0.2) is 60.7 Å². The van der Waals surface area contributed by atoms with Gasteiger partial charge in [-0.15, -0.1) is 0 Å². The number of carbonyl (C=O) groups excluding carboxylic acids is 1. The molecule has 2 aromatic carbocycles. The Balaban J connectivity index is 1.60. The summed E-state index contributed by atoms with van der Waals surface area (Å²) in [6.07, 6.45) is 0.848. The van der Waals surface area contributed by atoms with E-state index in [0.717, 1.165) is 28.8 Å². The van der Waals surface area contributed by atoms with Crippen molar-refractivity contribution in [1.29, 1.82) is 0 Å². The van der Waals surface area contributed by atoms with Crippen LogP contribution in [0, 0.1) is 6.92 Å². The number of amides is 1. The molecule has 4 N–H and O–H groups in total. The van der Waals surface area contributed by atoms with E-state index in [9.17, 15) is 9.90 Å². The smallest absolute Gasteiger partial charge is 0.242 e. The van der Waals surface area contributed by atoms with Crippen LogP contribution in [0.25, 0.3) is 11.3 Å². The van der Waals surface area contributed by atoms with Gasteiger partial charge >= 0.3 is 0 Å². The lowest BCUT2D eigenvalue weighted by Crippen LogP contribution is -2.42. The predicted octanol–water partition coefficient (Wildman–Crippen LogP) is 3.82. The number of hydrogen-bond donors (Lipinski definition) is 4. The maximum absolute atomic E-state index is 12.7. The molecule has 1 unspecified atom stereocenters. The van der Waals surface area contributed by atoms with Gasteiger partial charge in [-0.2, -0.15) is 5.10 Å². The van der Waals surface area contributed by atoms with E-state index in [4.69, 9.17) is 0 Å². The summed E-state index contributed by atoms with van der Waals surface area (Å²) < 4.78 is 0. The highest BCUT2D eigenvalue weighted by Crippen LogP contribution is 2.19. The fourth-order valence-corrected chi connectivity index (χ4v) is 3.23. The number of benzene rings is 2. The van der Waals surface area contributed by atoms with Gasteiger partial charge in [0.2, 0.25) is 5.91 Å². The van der Waals surface area contributed by atoms with Crippen molar-refractivity contribution in [3.8, 4) is 11.3 Å². The summed E-state index contributed by atoms with van der Waals surface area (Å²) in [5.41, 5.74) is 3.78. The lowest BCUT2D eigenvalue weighted by atomic mass is 10.1. The molecule has 0 fully saturated rings. The van der Waals surface area contributed by atoms with Crippen molar-refractivity contribution in [2.75, 3.05) is 11.9 Å². The topological polar surface area (TPSA) is 90.0 Å². The molecule has 3 rings (SSSR count). The van der Waals surface area contributed by atoms with Gasteiger partial charge in [0, 0.05) is 12.6 Å². The van der Waals surface area contributed by atoms with Crippen LogP contribution < -0.4 is 10.6 Å². The van der Waals surface area contributed by atoms with Gasteiger partial charge in [0.1, 0.15) is 0 Å². The minimum Gasteiger partial charge on any atom is -0.387 e. The molecule has 0 bridgehead atoms. The Hall–Kier alpha value is -2.96. The fraction of sp³-hybridized carbons (Fsp3) is 0.304. The second-order valence-corrected chi connectivity index (χ2v) is 7.20. The van der Waals surface area contributed by atoms with E-state index in [1.54, 1.807) is 0 Å². The molecular weight excluding hydrogens is 364 g/mol. The van der Waals surface area contributed by atoms with E-state index < -0.39 is 12.1 Å². The van der Waals surface area contributed by atoms with Crippen molar-refractivity contribution < 1.29 is 9.90 Å². The van der Waals surface area contributed by atoms with Crippen molar-refractivity contribution in [1.82, 2.24) is 15.5 Å². The molecule has 29 heavy (non-hydrogen) atoms. The first-order valence-electron chi connectivity index (χ1n) is 9.96. The number of nitrogens with zero attached hydrogens (tertiary/aromatic N) is 1. The number of aromatic nitrogens is 2. The zero-order valence-electron chi connectivity index (χ0n) is 16.9. The van der Waals surface area contributed by atoms with Crippen LogP contribution in [0.5, 0.6) is 0 Å². The number of aliphatic hydroxyl groups is 1. The Morgan fingerprint density at radius 2 is 1.93 bits per heavy atom. The van der Waals surface area contributed by atoms with Crippen LogP contribution in [-0.2, 0) is 4.79 Å². The molecule has 0 aliphatic carbocycles. The number of anilines is 1. The van der Waals surface area contributed by atoms with Gasteiger partial charge in [-0.3, -0.25) is 9.89 Å². The third kappa shape index (κ3) is 5.76. The minimum atomic E-state index is -0.669. The van der Waals surface area contributed by atoms with Gasteiger partial charge in [-0.1, -0.05) is 73.5 Å². The van der Waals surface area contributed by atoms with Crippen molar-refractivity contribution in [2.24, 2.45) is 0 Å². The molecule has 152 valence electrons. The molecule has 0 saturated carbocycles. The SMILES string of the molecule is CCC[C@H](NCC(O)c1cccc(C)c1)C(=O)Nc1cc(-c2ccccc2)[nH]n1. The summed E-state index contributed by atoms with van der Waals surface area (Å²) in [6.45, 7) is 4.32. The molecule has 0 aliphatic heterocycles. The van der Waals surface area contributed by atoms with E-state index in [0.29, 0.717) is 18.8 Å². The first-order chi connectivity index (χ1) is 14.1. The third-order valence-corrected chi connectivity index (χ3v) is 4.79. The lowest BCUT2D eigenvalue weighted by molar-refractivity contribution is -0.118. The predicted molar refractivity (Wildman–Crippen MR) is 115 cm³/mol. The van der Waals surface area contributed by atoms with E-state index >= 15 is 0 Å². The second-order valence-electron chi connectivity index (χ2n) is 7.20. The van der Waals surface area contributed by atoms with Gasteiger partial charge in [0.05, 0.1) is 17.8 Å². The highest BCUT2D eigenvalue weighted by atomic mass is 16.3. The number of aromatic amines is 1. The summed E-state index contributed by atoms with van der Waals surface area (Å²) in [7, 11) is 0. The Morgan fingerprint density at radius 1 is 1.14 bits per heavy atom. The highest BCUT2D eigenvalue weighted by molar-refractivity contribution is 5.94. The highest BCUT2D eigenvalue weighted by Gasteiger charge is 2.20. The molecule has 0 spiro atoms. The fourth-order valence-electron chi connectivity index (χ4n) is 3.23. The van der Waals surface area contributed by atoms with E-state index in [1.165, 1.54) is 0 Å². The molecule has 2 atom stereocenters. The first kappa shape index (κ1) is 20.8. The van der Waals surface area contributed by atoms with Crippen LogP contribution >= 0.6 is 0 Å². The molecule has 1 heterocycles. The number of nitrogens with one attached hydrogen (secondary N) is 3. The van der Waals surface area contributed by atoms with Gasteiger partial charge in [-0.25, -0.2) is 0 Å². The molecular formula is C23H28N4O2. The zero-order valence-corrected chi connectivity index (χ0v) is 16.9. The Morgan fingerprint density at radius 3 is 2.66 bits per heavy atom. The maximum atomic E-state index is 12.7. The third-order valence-electron chi connectivity index (χ3n) is 4.79. The first-order valence-corrected chi connectivity index (χ1v) is 9.96. The second kappa shape index (κ2) is 10.0. The molecule has 0 saturated heterocycles. The van der Waals surface area contributed by atoms with Gasteiger partial charge in [0.25, 0.3) is 0 Å². The summed E-state index contributed by atoms with van der Waals surface area (Å²) in [4.78, 5) is 12.7. The van der Waals surface area contributed by atoms with Crippen LogP contribution in [-0.4, -0.2) is 33.8 Å². The molecule has 0 radical (unpaired) electrons. The average molecular weight is 393 g/mol. The van der Waals surface area contributed by atoms with Crippen LogP contribution in [0.4, 0.5) is 5.82 Å². The number of aryl methyl sites for hydroxylation is 1. The van der Waals surface area contributed by atoms with Crippen molar-refractivity contribution in [2.45, 2.75) is 38.8 Å². The zero-order chi connectivity index (χ0) is 20.6. The Labute approximate surface area is 171 Å². The van der Waals surface area contributed by atoms with E-state index in [2.05, 4.69) is 20.8 Å². The summed E-state index contributed by atoms with van der Waals surface area (Å²) in [5, 5.41) is 23.7. The molecule has 1 aromatic heterocycles. The standard InChI is InChI=1S/C23H28N4O2/c1-3-8-19(24-15-21(28)18-12-7-9-16(2)13-18)23(29)25-22-14-20(26-27-22)17-10-5-4-6-11-17/h4-7,9-14,19,21,24,28H,3,8,15H2,1-2H3,(H2,25,26,27,29)/t19-,21?/m0/s1. The minimum absolute atomic E-state index is 0.158. The largest absolute Gasteiger partial charge is 0.387 e. The van der Waals surface area contributed by atoms with Crippen LogP contribution in [0.3, 0.4) is 0 Å². The number of carbonyl (C=O) groups is 1. The molecule has 0 aliphatic rings. The number of rotatable bonds is 9. The number of aliphatic hydroxyl groups excluding tert-OH is 1. The normalized spacial score (nSPS) is 13.1. The summed E-state index contributed by atoms with van der Waals surface area (Å²) in [6, 6.07) is 19.0. The summed E-state index contributed by atoms with van der Waals surface area (Å²) >= 11 is 0. The van der Waals surface area contributed by atoms with Gasteiger partial charge < -0.3 is 15.7 Å². The van der Waals surface area contributed by atoms with Crippen molar-refractivity contribution >= 4 is 11.7 Å². The Kier molecular flexibility index (Phi) is 7.16. The van der Waals surface area contributed by atoms with E-state index in [-0.39, 0.29) is 5.91 Å². The molecule has 6 nitrogen and oxygen atoms in total.